The van der Waals surface area contributed by atoms with Crippen LogP contribution in [0.4, 0.5) is 0 Å². The quantitative estimate of drug-likeness (QED) is 0.752. The van der Waals surface area contributed by atoms with Crippen LogP contribution in [0.1, 0.15) is 25.1 Å². The summed E-state index contributed by atoms with van der Waals surface area (Å²) in [5, 5.41) is 16.1. The third kappa shape index (κ3) is 2.38. The van der Waals surface area contributed by atoms with Crippen LogP contribution >= 0.6 is 0 Å². The SMILES string of the molecule is Cn1ncnc1CC1CCCC(C(=O)O)N1. The van der Waals surface area contributed by atoms with Crippen molar-refractivity contribution in [2.45, 2.75) is 37.8 Å². The summed E-state index contributed by atoms with van der Waals surface area (Å²) in [7, 11) is 1.85. The van der Waals surface area contributed by atoms with Gasteiger partial charge >= 0.3 is 5.97 Å². The van der Waals surface area contributed by atoms with E-state index < -0.39 is 12.0 Å². The van der Waals surface area contributed by atoms with Crippen molar-refractivity contribution >= 4 is 5.97 Å². The van der Waals surface area contributed by atoms with E-state index in [1.807, 2.05) is 7.05 Å². The molecular formula is C10H16N4O2. The van der Waals surface area contributed by atoms with Crippen molar-refractivity contribution < 1.29 is 9.90 Å². The third-order valence-corrected chi connectivity index (χ3v) is 3.01. The Morgan fingerprint density at radius 1 is 1.69 bits per heavy atom. The Kier molecular flexibility index (Phi) is 3.19. The molecular weight excluding hydrogens is 208 g/mol. The van der Waals surface area contributed by atoms with Gasteiger partial charge in [-0.1, -0.05) is 0 Å². The van der Waals surface area contributed by atoms with Crippen LogP contribution < -0.4 is 5.32 Å². The minimum Gasteiger partial charge on any atom is -0.480 e. The summed E-state index contributed by atoms with van der Waals surface area (Å²) in [6.45, 7) is 0. The zero-order chi connectivity index (χ0) is 11.5. The lowest BCUT2D eigenvalue weighted by molar-refractivity contribution is -0.140. The molecule has 0 aliphatic carbocycles. The van der Waals surface area contributed by atoms with Crippen LogP contribution in [0.3, 0.4) is 0 Å². The normalized spacial score (nSPS) is 25.6. The van der Waals surface area contributed by atoms with Crippen molar-refractivity contribution in [3.8, 4) is 0 Å². The number of piperidine rings is 1. The van der Waals surface area contributed by atoms with E-state index in [0.717, 1.165) is 25.1 Å². The van der Waals surface area contributed by atoms with Gasteiger partial charge < -0.3 is 10.4 Å². The summed E-state index contributed by atoms with van der Waals surface area (Å²) in [6.07, 6.45) is 4.92. The molecule has 2 unspecified atom stereocenters. The molecule has 1 saturated heterocycles. The molecule has 1 aliphatic heterocycles. The van der Waals surface area contributed by atoms with Crippen LogP contribution in [0.2, 0.25) is 0 Å². The molecule has 1 aliphatic rings. The van der Waals surface area contributed by atoms with E-state index in [9.17, 15) is 4.79 Å². The first-order valence-corrected chi connectivity index (χ1v) is 5.48. The molecule has 0 spiro atoms. The van der Waals surface area contributed by atoms with Crippen molar-refractivity contribution in [3.63, 3.8) is 0 Å². The Labute approximate surface area is 93.7 Å². The van der Waals surface area contributed by atoms with Crippen LogP contribution in [0.25, 0.3) is 0 Å². The fraction of sp³-hybridized carbons (Fsp3) is 0.700. The Morgan fingerprint density at radius 2 is 2.50 bits per heavy atom. The van der Waals surface area contributed by atoms with Gasteiger partial charge in [0.1, 0.15) is 18.2 Å². The predicted molar refractivity (Wildman–Crippen MR) is 56.9 cm³/mol. The highest BCUT2D eigenvalue weighted by Gasteiger charge is 2.26. The van der Waals surface area contributed by atoms with Crippen LogP contribution in [0.15, 0.2) is 6.33 Å². The molecule has 0 bridgehead atoms. The molecule has 0 radical (unpaired) electrons. The van der Waals surface area contributed by atoms with Crippen molar-refractivity contribution in [2.24, 2.45) is 7.05 Å². The lowest BCUT2D eigenvalue weighted by Crippen LogP contribution is -2.47. The van der Waals surface area contributed by atoms with Crippen LogP contribution in [-0.4, -0.2) is 37.9 Å². The Balaban J connectivity index is 1.95. The summed E-state index contributed by atoms with van der Waals surface area (Å²) < 4.78 is 1.73. The maximum absolute atomic E-state index is 10.9. The van der Waals surface area contributed by atoms with Gasteiger partial charge in [-0.3, -0.25) is 9.48 Å². The number of aromatic nitrogens is 3. The van der Waals surface area contributed by atoms with Gasteiger partial charge in [0.2, 0.25) is 0 Å². The van der Waals surface area contributed by atoms with Gasteiger partial charge in [0.25, 0.3) is 0 Å². The number of nitrogens with zero attached hydrogens (tertiary/aromatic N) is 3. The molecule has 2 heterocycles. The highest BCUT2D eigenvalue weighted by atomic mass is 16.4. The fourth-order valence-electron chi connectivity index (χ4n) is 2.10. The molecule has 6 heteroatoms. The van der Waals surface area contributed by atoms with E-state index in [4.69, 9.17) is 5.11 Å². The van der Waals surface area contributed by atoms with Crippen molar-refractivity contribution in [1.29, 1.82) is 0 Å². The van der Waals surface area contributed by atoms with Gasteiger partial charge in [0.05, 0.1) is 0 Å². The molecule has 88 valence electrons. The number of carboxylic acids is 1. The highest BCUT2D eigenvalue weighted by Crippen LogP contribution is 2.15. The molecule has 1 aromatic heterocycles. The first kappa shape index (κ1) is 11.1. The first-order chi connectivity index (χ1) is 7.66. The molecule has 2 rings (SSSR count). The average Bonchev–Trinajstić information content (AvgIpc) is 2.65. The number of aryl methyl sites for hydroxylation is 1. The van der Waals surface area contributed by atoms with E-state index in [2.05, 4.69) is 15.4 Å². The standard InChI is InChI=1S/C10H16N4O2/c1-14-9(11-6-12-14)5-7-3-2-4-8(13-7)10(15)16/h6-8,13H,2-5H2,1H3,(H,15,16). The second-order valence-corrected chi connectivity index (χ2v) is 4.19. The van der Waals surface area contributed by atoms with Gasteiger partial charge in [-0.2, -0.15) is 5.10 Å². The van der Waals surface area contributed by atoms with Crippen molar-refractivity contribution in [3.05, 3.63) is 12.2 Å². The van der Waals surface area contributed by atoms with Gasteiger partial charge in [0, 0.05) is 19.5 Å². The summed E-state index contributed by atoms with van der Waals surface area (Å²) >= 11 is 0. The summed E-state index contributed by atoms with van der Waals surface area (Å²) in [5.41, 5.74) is 0. The number of hydrogen-bond acceptors (Lipinski definition) is 4. The number of aliphatic carboxylic acids is 1. The molecule has 0 amide bonds. The first-order valence-electron chi connectivity index (χ1n) is 5.48. The largest absolute Gasteiger partial charge is 0.480 e. The van der Waals surface area contributed by atoms with Crippen LogP contribution in [0.5, 0.6) is 0 Å². The second kappa shape index (κ2) is 4.61. The molecule has 6 nitrogen and oxygen atoms in total. The van der Waals surface area contributed by atoms with Crippen LogP contribution in [0, 0.1) is 0 Å². The fourth-order valence-corrected chi connectivity index (χ4v) is 2.10. The van der Waals surface area contributed by atoms with E-state index in [-0.39, 0.29) is 6.04 Å². The topological polar surface area (TPSA) is 80.0 Å². The van der Waals surface area contributed by atoms with E-state index in [1.54, 1.807) is 4.68 Å². The Bertz CT molecular complexity index is 377. The second-order valence-electron chi connectivity index (χ2n) is 4.19. The van der Waals surface area contributed by atoms with Crippen LogP contribution in [-0.2, 0) is 18.3 Å². The Hall–Kier alpha value is -1.43. The highest BCUT2D eigenvalue weighted by molar-refractivity contribution is 5.73. The maximum Gasteiger partial charge on any atom is 0.320 e. The van der Waals surface area contributed by atoms with Gasteiger partial charge in [-0.05, 0) is 19.3 Å². The molecule has 2 N–H and O–H groups in total. The summed E-state index contributed by atoms with van der Waals surface area (Å²) in [4.78, 5) is 15.0. The predicted octanol–water partition coefficient (Wildman–Crippen LogP) is -0.0471. The van der Waals surface area contributed by atoms with E-state index >= 15 is 0 Å². The Morgan fingerprint density at radius 3 is 3.12 bits per heavy atom. The zero-order valence-electron chi connectivity index (χ0n) is 9.26. The minimum atomic E-state index is -0.761. The zero-order valence-corrected chi connectivity index (χ0v) is 9.26. The number of carbonyl (C=O) groups is 1. The molecule has 1 aromatic rings. The number of rotatable bonds is 3. The number of hydrogen-bond donors (Lipinski definition) is 2. The van der Waals surface area contributed by atoms with Gasteiger partial charge in [-0.15, -0.1) is 0 Å². The molecule has 1 fully saturated rings. The average molecular weight is 224 g/mol. The third-order valence-electron chi connectivity index (χ3n) is 3.01. The lowest BCUT2D eigenvalue weighted by Gasteiger charge is -2.28. The van der Waals surface area contributed by atoms with Gasteiger partial charge in [0.15, 0.2) is 0 Å². The number of carboxylic acid groups (broad SMARTS) is 1. The van der Waals surface area contributed by atoms with Crippen molar-refractivity contribution in [2.75, 3.05) is 0 Å². The summed E-state index contributed by atoms with van der Waals surface area (Å²) in [5.74, 6) is 0.131. The molecule has 2 atom stereocenters. The smallest absolute Gasteiger partial charge is 0.320 e. The van der Waals surface area contributed by atoms with Crippen molar-refractivity contribution in [1.82, 2.24) is 20.1 Å². The van der Waals surface area contributed by atoms with Gasteiger partial charge in [-0.25, -0.2) is 4.98 Å². The molecule has 0 aromatic carbocycles. The number of nitrogens with one attached hydrogen (secondary N) is 1. The molecule has 0 saturated carbocycles. The van der Waals surface area contributed by atoms with E-state index in [0.29, 0.717) is 6.42 Å². The maximum atomic E-state index is 10.9. The monoisotopic (exact) mass is 224 g/mol. The molecule has 16 heavy (non-hydrogen) atoms. The lowest BCUT2D eigenvalue weighted by atomic mass is 9.96. The minimum absolute atomic E-state index is 0.192. The van der Waals surface area contributed by atoms with E-state index in [1.165, 1.54) is 6.33 Å². The summed E-state index contributed by atoms with van der Waals surface area (Å²) in [6, 6.07) is -0.218.